The topological polar surface area (TPSA) is 83.8 Å². The number of carbonyl (C=O) groups is 2. The van der Waals surface area contributed by atoms with Crippen molar-refractivity contribution in [1.82, 2.24) is 0 Å². The molecule has 0 atom stereocenters. The van der Waals surface area contributed by atoms with Crippen molar-refractivity contribution in [2.45, 2.75) is 58.0 Å². The molecule has 0 aliphatic heterocycles. The van der Waals surface area contributed by atoms with Gasteiger partial charge in [-0.15, -0.1) is 0 Å². The zero-order valence-corrected chi connectivity index (χ0v) is 11.1. The maximum absolute atomic E-state index is 11.4. The molecule has 5 nitrogen and oxygen atoms in total. The standard InChI is InChI=1S/C13H24O5/c1-2-3-4-5-6-7-11(16)8-13(17)18-12(9-14)10-15/h12,14-15H,2-10H2,1H3. The second kappa shape index (κ2) is 11.2. The molecule has 0 unspecified atom stereocenters. The molecule has 0 saturated carbocycles. The van der Waals surface area contributed by atoms with Crippen molar-refractivity contribution in [1.29, 1.82) is 0 Å². The number of esters is 1. The molecule has 0 saturated heterocycles. The molecule has 5 heteroatoms. The average Bonchev–Trinajstić information content (AvgIpc) is 2.35. The lowest BCUT2D eigenvalue weighted by molar-refractivity contribution is -0.155. The fourth-order valence-electron chi connectivity index (χ4n) is 1.53. The third kappa shape index (κ3) is 9.13. The zero-order valence-electron chi connectivity index (χ0n) is 11.1. The van der Waals surface area contributed by atoms with E-state index in [4.69, 9.17) is 14.9 Å². The number of aliphatic hydroxyl groups is 2. The van der Waals surface area contributed by atoms with Crippen LogP contribution in [0.25, 0.3) is 0 Å². The average molecular weight is 260 g/mol. The van der Waals surface area contributed by atoms with Gasteiger partial charge in [0.25, 0.3) is 0 Å². The number of aliphatic hydroxyl groups excluding tert-OH is 2. The monoisotopic (exact) mass is 260 g/mol. The van der Waals surface area contributed by atoms with E-state index in [1.54, 1.807) is 0 Å². The summed E-state index contributed by atoms with van der Waals surface area (Å²) in [6, 6.07) is 0. The molecule has 0 aromatic rings. The Kier molecular flexibility index (Phi) is 10.6. The van der Waals surface area contributed by atoms with Crippen molar-refractivity contribution in [2.24, 2.45) is 0 Å². The molecule has 0 aromatic heterocycles. The summed E-state index contributed by atoms with van der Waals surface area (Å²) >= 11 is 0. The number of ether oxygens (including phenoxy) is 1. The van der Waals surface area contributed by atoms with E-state index in [9.17, 15) is 9.59 Å². The summed E-state index contributed by atoms with van der Waals surface area (Å²) in [5.74, 6) is -0.826. The van der Waals surface area contributed by atoms with Gasteiger partial charge in [-0.1, -0.05) is 32.6 Å². The van der Waals surface area contributed by atoms with Gasteiger partial charge in [-0.25, -0.2) is 0 Å². The highest BCUT2D eigenvalue weighted by atomic mass is 16.6. The Balaban J connectivity index is 3.64. The van der Waals surface area contributed by atoms with Gasteiger partial charge >= 0.3 is 5.97 Å². The largest absolute Gasteiger partial charge is 0.457 e. The molecule has 0 aliphatic rings. The third-order valence-corrected chi connectivity index (χ3v) is 2.61. The summed E-state index contributed by atoms with van der Waals surface area (Å²) in [5.41, 5.74) is 0. The Morgan fingerprint density at radius 2 is 1.67 bits per heavy atom. The van der Waals surface area contributed by atoms with Gasteiger partial charge in [0.1, 0.15) is 18.3 Å². The van der Waals surface area contributed by atoms with Crippen LogP contribution in [0.2, 0.25) is 0 Å². The fourth-order valence-corrected chi connectivity index (χ4v) is 1.53. The normalized spacial score (nSPS) is 10.7. The maximum atomic E-state index is 11.4. The number of Topliss-reactive ketones (excluding diaryl/α,β-unsaturated/α-hetero) is 1. The van der Waals surface area contributed by atoms with Gasteiger partial charge in [-0.3, -0.25) is 9.59 Å². The molecule has 0 amide bonds. The highest BCUT2D eigenvalue weighted by Crippen LogP contribution is 2.07. The van der Waals surface area contributed by atoms with Gasteiger partial charge in [-0.05, 0) is 6.42 Å². The molecule has 0 rings (SSSR count). The molecule has 0 radical (unpaired) electrons. The molecule has 0 heterocycles. The molecular weight excluding hydrogens is 236 g/mol. The Morgan fingerprint density at radius 1 is 1.06 bits per heavy atom. The van der Waals surface area contributed by atoms with Gasteiger partial charge in [-0.2, -0.15) is 0 Å². The SMILES string of the molecule is CCCCCCCC(=O)CC(=O)OC(CO)CO. The Morgan fingerprint density at radius 3 is 2.22 bits per heavy atom. The minimum absolute atomic E-state index is 0.147. The van der Waals surface area contributed by atoms with E-state index in [0.29, 0.717) is 6.42 Å². The second-order valence-corrected chi connectivity index (χ2v) is 4.36. The minimum Gasteiger partial charge on any atom is -0.457 e. The molecule has 0 aliphatic carbocycles. The first-order valence-electron chi connectivity index (χ1n) is 6.56. The second-order valence-electron chi connectivity index (χ2n) is 4.36. The highest BCUT2D eigenvalue weighted by molar-refractivity contribution is 5.95. The van der Waals surface area contributed by atoms with Crippen molar-refractivity contribution in [3.05, 3.63) is 0 Å². The van der Waals surface area contributed by atoms with Crippen molar-refractivity contribution in [3.63, 3.8) is 0 Å². The number of carbonyl (C=O) groups excluding carboxylic acids is 2. The van der Waals surface area contributed by atoms with Crippen LogP contribution in [0.5, 0.6) is 0 Å². The molecule has 0 bridgehead atoms. The van der Waals surface area contributed by atoms with Crippen molar-refractivity contribution in [3.8, 4) is 0 Å². The summed E-state index contributed by atoms with van der Waals surface area (Å²) in [5, 5.41) is 17.4. The van der Waals surface area contributed by atoms with Crippen molar-refractivity contribution in [2.75, 3.05) is 13.2 Å². The predicted octanol–water partition coefficient (Wildman–Crippen LogP) is 1.20. The van der Waals surface area contributed by atoms with Gasteiger partial charge in [0.2, 0.25) is 0 Å². The van der Waals surface area contributed by atoms with Gasteiger partial charge in [0.05, 0.1) is 13.2 Å². The maximum Gasteiger partial charge on any atom is 0.313 e. The smallest absolute Gasteiger partial charge is 0.313 e. The number of hydrogen-bond acceptors (Lipinski definition) is 5. The number of ketones is 1. The lowest BCUT2D eigenvalue weighted by Crippen LogP contribution is -2.26. The van der Waals surface area contributed by atoms with Crippen LogP contribution in [0.3, 0.4) is 0 Å². The van der Waals surface area contributed by atoms with Gasteiger partial charge in [0.15, 0.2) is 0 Å². The summed E-state index contributed by atoms with van der Waals surface area (Å²) in [6.07, 6.45) is 4.45. The van der Waals surface area contributed by atoms with Crippen LogP contribution < -0.4 is 0 Å². The molecule has 2 N–H and O–H groups in total. The lowest BCUT2D eigenvalue weighted by Gasteiger charge is -2.11. The van der Waals surface area contributed by atoms with Gasteiger partial charge < -0.3 is 14.9 Å². The quantitative estimate of drug-likeness (QED) is 0.331. The molecule has 106 valence electrons. The van der Waals surface area contributed by atoms with E-state index in [2.05, 4.69) is 6.92 Å². The van der Waals surface area contributed by atoms with Crippen LogP contribution in [0, 0.1) is 0 Å². The van der Waals surface area contributed by atoms with E-state index < -0.39 is 25.3 Å². The molecule has 0 spiro atoms. The van der Waals surface area contributed by atoms with Crippen molar-refractivity contribution >= 4 is 11.8 Å². The minimum atomic E-state index is -0.921. The summed E-state index contributed by atoms with van der Waals surface area (Å²) in [6.45, 7) is 1.25. The van der Waals surface area contributed by atoms with E-state index >= 15 is 0 Å². The van der Waals surface area contributed by atoms with Gasteiger partial charge in [0, 0.05) is 6.42 Å². The molecule has 0 aromatic carbocycles. The van der Waals surface area contributed by atoms with Crippen LogP contribution >= 0.6 is 0 Å². The molecule has 18 heavy (non-hydrogen) atoms. The van der Waals surface area contributed by atoms with Crippen LogP contribution in [-0.4, -0.2) is 41.3 Å². The van der Waals surface area contributed by atoms with Crippen LogP contribution in [-0.2, 0) is 14.3 Å². The first-order chi connectivity index (χ1) is 8.63. The Labute approximate surface area is 108 Å². The van der Waals surface area contributed by atoms with Crippen LogP contribution in [0.4, 0.5) is 0 Å². The van der Waals surface area contributed by atoms with Crippen molar-refractivity contribution < 1.29 is 24.5 Å². The fraction of sp³-hybridized carbons (Fsp3) is 0.846. The molecule has 0 fully saturated rings. The first kappa shape index (κ1) is 17.1. The third-order valence-electron chi connectivity index (χ3n) is 2.61. The Hall–Kier alpha value is -0.940. The lowest BCUT2D eigenvalue weighted by atomic mass is 10.1. The van der Waals surface area contributed by atoms with E-state index in [0.717, 1.165) is 25.7 Å². The summed E-state index contributed by atoms with van der Waals surface area (Å²) in [7, 11) is 0. The predicted molar refractivity (Wildman–Crippen MR) is 67.1 cm³/mol. The van der Waals surface area contributed by atoms with Crippen LogP contribution in [0.1, 0.15) is 51.9 Å². The number of rotatable bonds is 11. The highest BCUT2D eigenvalue weighted by Gasteiger charge is 2.15. The Bertz CT molecular complexity index is 236. The first-order valence-corrected chi connectivity index (χ1v) is 6.56. The number of unbranched alkanes of at least 4 members (excludes halogenated alkanes) is 4. The zero-order chi connectivity index (χ0) is 13.8. The number of hydrogen-bond donors (Lipinski definition) is 2. The van der Waals surface area contributed by atoms with E-state index in [1.165, 1.54) is 6.42 Å². The molecular formula is C13H24O5. The summed E-state index contributed by atoms with van der Waals surface area (Å²) in [4.78, 5) is 22.7. The summed E-state index contributed by atoms with van der Waals surface area (Å²) < 4.78 is 4.70. The van der Waals surface area contributed by atoms with E-state index in [-0.39, 0.29) is 12.2 Å². The van der Waals surface area contributed by atoms with E-state index in [1.807, 2.05) is 0 Å². The van der Waals surface area contributed by atoms with Crippen LogP contribution in [0.15, 0.2) is 0 Å².